The van der Waals surface area contributed by atoms with Crippen LogP contribution in [0.1, 0.15) is 25.7 Å². The van der Waals surface area contributed by atoms with Crippen LogP contribution in [0.2, 0.25) is 0 Å². The molecular weight excluding hydrogens is 458 g/mol. The Kier molecular flexibility index (Phi) is 7.13. The maximum atomic E-state index is 13.9. The number of halogens is 2. The molecule has 1 saturated carbocycles. The second-order valence-corrected chi connectivity index (χ2v) is 7.72. The summed E-state index contributed by atoms with van der Waals surface area (Å²) < 4.78 is 13.9. The fourth-order valence-electron chi connectivity index (χ4n) is 4.11. The molecule has 2 saturated heterocycles. The zero-order valence-corrected chi connectivity index (χ0v) is 18.2. The highest BCUT2D eigenvalue weighted by Gasteiger charge is 2.34. The third-order valence-corrected chi connectivity index (χ3v) is 5.73. The molecular formula is C19H30FIN6. The Labute approximate surface area is 178 Å². The first-order chi connectivity index (χ1) is 12.7. The predicted molar refractivity (Wildman–Crippen MR) is 117 cm³/mol. The van der Waals surface area contributed by atoms with E-state index in [1.807, 2.05) is 11.9 Å². The van der Waals surface area contributed by atoms with E-state index in [4.69, 9.17) is 0 Å². The molecule has 1 aromatic heterocycles. The van der Waals surface area contributed by atoms with Gasteiger partial charge in [0.2, 0.25) is 0 Å². The van der Waals surface area contributed by atoms with Crippen molar-refractivity contribution in [2.24, 2.45) is 10.9 Å². The lowest BCUT2D eigenvalue weighted by Gasteiger charge is -2.21. The molecule has 0 radical (unpaired) electrons. The van der Waals surface area contributed by atoms with Crippen molar-refractivity contribution in [3.05, 3.63) is 24.1 Å². The average Bonchev–Trinajstić information content (AvgIpc) is 3.22. The predicted octanol–water partition coefficient (Wildman–Crippen LogP) is 2.07. The summed E-state index contributed by atoms with van der Waals surface area (Å²) in [4.78, 5) is 13.2. The second kappa shape index (κ2) is 9.36. The zero-order chi connectivity index (χ0) is 17.9. The van der Waals surface area contributed by atoms with Gasteiger partial charge in [-0.15, -0.1) is 24.0 Å². The first kappa shape index (κ1) is 20.6. The molecule has 6 nitrogen and oxygen atoms in total. The van der Waals surface area contributed by atoms with Gasteiger partial charge in [0, 0.05) is 51.5 Å². The molecule has 1 aliphatic carbocycles. The first-order valence-electron chi connectivity index (χ1n) is 9.79. The molecule has 4 rings (SSSR count). The highest BCUT2D eigenvalue weighted by molar-refractivity contribution is 14.0. The van der Waals surface area contributed by atoms with E-state index in [1.165, 1.54) is 38.4 Å². The van der Waals surface area contributed by atoms with Crippen molar-refractivity contribution in [1.29, 1.82) is 0 Å². The van der Waals surface area contributed by atoms with Crippen LogP contribution in [0.3, 0.4) is 0 Å². The second-order valence-electron chi connectivity index (χ2n) is 7.72. The molecule has 150 valence electrons. The van der Waals surface area contributed by atoms with E-state index in [9.17, 15) is 4.39 Å². The minimum absolute atomic E-state index is 0. The Hall–Kier alpha value is -1.16. The molecule has 1 aromatic rings. The van der Waals surface area contributed by atoms with Gasteiger partial charge in [-0.2, -0.15) is 0 Å². The van der Waals surface area contributed by atoms with Crippen LogP contribution >= 0.6 is 24.0 Å². The van der Waals surface area contributed by atoms with E-state index < -0.39 is 0 Å². The quantitative estimate of drug-likeness (QED) is 0.378. The molecule has 27 heavy (non-hydrogen) atoms. The standard InChI is InChI=1S/C19H29FN6.HI/c1-21-19(23-11-14-6-9-25(12-14)16-4-5-16)24-15-7-10-26(13-15)18-17(20)3-2-8-22-18;/h2-3,8,14-16H,4-7,9-13H2,1H3,(H2,21,23,24);1H. The van der Waals surface area contributed by atoms with Crippen molar-refractivity contribution in [2.45, 2.75) is 37.8 Å². The lowest BCUT2D eigenvalue weighted by Crippen LogP contribution is -2.46. The van der Waals surface area contributed by atoms with Crippen LogP contribution in [-0.4, -0.2) is 67.7 Å². The zero-order valence-electron chi connectivity index (χ0n) is 15.9. The fraction of sp³-hybridized carbons (Fsp3) is 0.684. The Morgan fingerprint density at radius 1 is 1.26 bits per heavy atom. The topological polar surface area (TPSA) is 55.8 Å². The molecule has 2 N–H and O–H groups in total. The molecule has 2 aliphatic heterocycles. The van der Waals surface area contributed by atoms with E-state index in [2.05, 4.69) is 25.5 Å². The minimum atomic E-state index is -0.253. The number of pyridine rings is 1. The Balaban J connectivity index is 0.00000210. The number of guanidine groups is 1. The number of aliphatic imine (C=N–C) groups is 1. The minimum Gasteiger partial charge on any atom is -0.356 e. The Morgan fingerprint density at radius 2 is 2.11 bits per heavy atom. The van der Waals surface area contributed by atoms with Gasteiger partial charge in [-0.3, -0.25) is 4.99 Å². The van der Waals surface area contributed by atoms with Gasteiger partial charge in [0.25, 0.3) is 0 Å². The molecule has 8 heteroatoms. The van der Waals surface area contributed by atoms with Crippen LogP contribution in [0.15, 0.2) is 23.3 Å². The van der Waals surface area contributed by atoms with Gasteiger partial charge in [-0.25, -0.2) is 9.37 Å². The van der Waals surface area contributed by atoms with Gasteiger partial charge in [0.1, 0.15) is 0 Å². The molecule has 0 bridgehead atoms. The Bertz CT molecular complexity index is 653. The van der Waals surface area contributed by atoms with Crippen molar-refractivity contribution < 1.29 is 4.39 Å². The van der Waals surface area contributed by atoms with Crippen molar-refractivity contribution in [2.75, 3.05) is 44.7 Å². The number of nitrogens with zero attached hydrogens (tertiary/aromatic N) is 4. The summed E-state index contributed by atoms with van der Waals surface area (Å²) >= 11 is 0. The molecule has 3 aliphatic rings. The van der Waals surface area contributed by atoms with Gasteiger partial charge in [0.15, 0.2) is 17.6 Å². The maximum absolute atomic E-state index is 13.9. The third kappa shape index (κ3) is 5.22. The number of anilines is 1. The average molecular weight is 488 g/mol. The maximum Gasteiger partial charge on any atom is 0.191 e. The van der Waals surface area contributed by atoms with Crippen molar-refractivity contribution in [1.82, 2.24) is 20.5 Å². The molecule has 0 aromatic carbocycles. The van der Waals surface area contributed by atoms with Crippen LogP contribution < -0.4 is 15.5 Å². The fourth-order valence-corrected chi connectivity index (χ4v) is 4.11. The molecule has 3 heterocycles. The number of hydrogen-bond donors (Lipinski definition) is 2. The lowest BCUT2D eigenvalue weighted by atomic mass is 10.1. The van der Waals surface area contributed by atoms with Gasteiger partial charge in [-0.1, -0.05) is 0 Å². The first-order valence-corrected chi connectivity index (χ1v) is 9.79. The molecule has 2 unspecified atom stereocenters. The summed E-state index contributed by atoms with van der Waals surface area (Å²) in [5, 5.41) is 6.98. The van der Waals surface area contributed by atoms with Crippen LogP contribution in [0.5, 0.6) is 0 Å². The number of likely N-dealkylation sites (tertiary alicyclic amines) is 1. The smallest absolute Gasteiger partial charge is 0.191 e. The molecule has 2 atom stereocenters. The molecule has 0 amide bonds. The van der Waals surface area contributed by atoms with E-state index in [-0.39, 0.29) is 35.8 Å². The van der Waals surface area contributed by atoms with Crippen LogP contribution in [-0.2, 0) is 0 Å². The van der Waals surface area contributed by atoms with E-state index in [1.54, 1.807) is 12.3 Å². The van der Waals surface area contributed by atoms with Gasteiger partial charge < -0.3 is 20.4 Å². The normalized spacial score (nSPS) is 26.1. The van der Waals surface area contributed by atoms with E-state index in [0.717, 1.165) is 38.1 Å². The van der Waals surface area contributed by atoms with Gasteiger partial charge in [-0.05, 0) is 50.3 Å². The van der Waals surface area contributed by atoms with E-state index in [0.29, 0.717) is 11.7 Å². The number of rotatable bonds is 5. The van der Waals surface area contributed by atoms with Crippen LogP contribution in [0.25, 0.3) is 0 Å². The number of hydrogen-bond acceptors (Lipinski definition) is 4. The molecule has 0 spiro atoms. The lowest BCUT2D eigenvalue weighted by molar-refractivity contribution is 0.314. The van der Waals surface area contributed by atoms with Gasteiger partial charge >= 0.3 is 0 Å². The highest BCUT2D eigenvalue weighted by Crippen LogP contribution is 2.31. The summed E-state index contributed by atoms with van der Waals surface area (Å²) in [6.45, 7) is 4.98. The highest BCUT2D eigenvalue weighted by atomic mass is 127. The van der Waals surface area contributed by atoms with Crippen molar-refractivity contribution in [3.8, 4) is 0 Å². The third-order valence-electron chi connectivity index (χ3n) is 5.73. The summed E-state index contributed by atoms with van der Waals surface area (Å²) in [5.74, 6) is 1.75. The SMILES string of the molecule is CN=C(NCC1CCN(C2CC2)C1)NC1CCN(c2ncccc2F)C1.I. The largest absolute Gasteiger partial charge is 0.356 e. The Morgan fingerprint density at radius 3 is 2.85 bits per heavy atom. The molecule has 3 fully saturated rings. The summed E-state index contributed by atoms with van der Waals surface area (Å²) in [7, 11) is 1.81. The van der Waals surface area contributed by atoms with Crippen molar-refractivity contribution in [3.63, 3.8) is 0 Å². The number of nitrogens with one attached hydrogen (secondary N) is 2. The van der Waals surface area contributed by atoms with Crippen LogP contribution in [0, 0.1) is 11.7 Å². The van der Waals surface area contributed by atoms with Crippen LogP contribution in [0.4, 0.5) is 10.2 Å². The van der Waals surface area contributed by atoms with E-state index >= 15 is 0 Å². The number of aromatic nitrogens is 1. The summed E-state index contributed by atoms with van der Waals surface area (Å²) in [6.07, 6.45) is 6.65. The van der Waals surface area contributed by atoms with Crippen molar-refractivity contribution >= 4 is 35.8 Å². The monoisotopic (exact) mass is 488 g/mol. The summed E-state index contributed by atoms with van der Waals surface area (Å²) in [5.41, 5.74) is 0. The van der Waals surface area contributed by atoms with Gasteiger partial charge in [0.05, 0.1) is 0 Å². The summed E-state index contributed by atoms with van der Waals surface area (Å²) in [6, 6.07) is 4.22.